The van der Waals surface area contributed by atoms with Gasteiger partial charge in [-0.05, 0) is 32.1 Å². The van der Waals surface area contributed by atoms with Crippen LogP contribution in [0, 0.1) is 0 Å². The van der Waals surface area contributed by atoms with Crippen LogP contribution in [-0.4, -0.2) is 11.1 Å². The number of rotatable bonds is 9. The van der Waals surface area contributed by atoms with Crippen LogP contribution < -0.4 is 0 Å². The van der Waals surface area contributed by atoms with Crippen molar-refractivity contribution in [2.75, 3.05) is 0 Å². The van der Waals surface area contributed by atoms with Crippen molar-refractivity contribution < 1.29 is 9.90 Å². The van der Waals surface area contributed by atoms with Gasteiger partial charge in [0.1, 0.15) is 0 Å². The molecule has 0 aromatic rings. The lowest BCUT2D eigenvalue weighted by molar-refractivity contribution is -0.131. The Morgan fingerprint density at radius 3 is 2.25 bits per heavy atom. The summed E-state index contributed by atoms with van der Waals surface area (Å²) in [6.45, 7) is 2.12. The molecule has 2 heteroatoms. The molecule has 0 atom stereocenters. The standard InChI is InChI=1S/C14H22O2/c1-2-3-4-5-6-7-8-9-10-11-12-13-14(15)16/h3-6,12-13H,2,7-11H2,1H3,(H,15,16). The summed E-state index contributed by atoms with van der Waals surface area (Å²) in [4.78, 5) is 10.2. The van der Waals surface area contributed by atoms with Crippen LogP contribution in [0.4, 0.5) is 0 Å². The second-order valence-electron chi connectivity index (χ2n) is 3.64. The van der Waals surface area contributed by atoms with Crippen LogP contribution >= 0.6 is 0 Å². The van der Waals surface area contributed by atoms with Gasteiger partial charge in [0.2, 0.25) is 0 Å². The zero-order chi connectivity index (χ0) is 12.1. The van der Waals surface area contributed by atoms with Crippen LogP contribution in [0.15, 0.2) is 36.5 Å². The van der Waals surface area contributed by atoms with Crippen molar-refractivity contribution in [2.24, 2.45) is 0 Å². The third kappa shape index (κ3) is 12.7. The summed E-state index contributed by atoms with van der Waals surface area (Å²) >= 11 is 0. The Hall–Kier alpha value is -1.31. The molecule has 0 aliphatic heterocycles. The fourth-order valence-corrected chi connectivity index (χ4v) is 1.27. The molecular weight excluding hydrogens is 200 g/mol. The SMILES string of the molecule is CCC=CC=CCCCCCC=CC(=O)O. The molecule has 0 radical (unpaired) electrons. The van der Waals surface area contributed by atoms with Crippen molar-refractivity contribution in [3.63, 3.8) is 0 Å². The maximum atomic E-state index is 10.2. The van der Waals surface area contributed by atoms with Crippen molar-refractivity contribution in [2.45, 2.75) is 45.4 Å². The predicted octanol–water partition coefficient (Wildman–Crippen LogP) is 4.10. The second kappa shape index (κ2) is 11.8. The van der Waals surface area contributed by atoms with Gasteiger partial charge in [0.25, 0.3) is 0 Å². The first-order valence-electron chi connectivity index (χ1n) is 5.98. The van der Waals surface area contributed by atoms with E-state index in [1.54, 1.807) is 6.08 Å². The van der Waals surface area contributed by atoms with Crippen LogP contribution in [0.25, 0.3) is 0 Å². The minimum atomic E-state index is -0.856. The maximum absolute atomic E-state index is 10.2. The molecule has 0 saturated carbocycles. The quantitative estimate of drug-likeness (QED) is 0.362. The largest absolute Gasteiger partial charge is 0.478 e. The van der Waals surface area contributed by atoms with Gasteiger partial charge in [-0.25, -0.2) is 4.79 Å². The molecule has 0 aromatic carbocycles. The van der Waals surface area contributed by atoms with Crippen LogP contribution in [0.1, 0.15) is 45.4 Å². The van der Waals surface area contributed by atoms with Crippen molar-refractivity contribution in [1.29, 1.82) is 0 Å². The van der Waals surface area contributed by atoms with Gasteiger partial charge in [0.15, 0.2) is 0 Å². The molecule has 0 spiro atoms. The first-order valence-corrected chi connectivity index (χ1v) is 5.98. The minimum absolute atomic E-state index is 0.856. The average Bonchev–Trinajstić information content (AvgIpc) is 2.25. The van der Waals surface area contributed by atoms with Crippen molar-refractivity contribution in [1.82, 2.24) is 0 Å². The number of hydrogen-bond donors (Lipinski definition) is 1. The summed E-state index contributed by atoms with van der Waals surface area (Å²) in [5, 5.41) is 8.35. The highest BCUT2D eigenvalue weighted by molar-refractivity contribution is 5.79. The van der Waals surface area contributed by atoms with Crippen LogP contribution in [0.2, 0.25) is 0 Å². The van der Waals surface area contributed by atoms with Gasteiger partial charge >= 0.3 is 5.97 Å². The molecule has 0 aliphatic rings. The number of allylic oxidation sites excluding steroid dienone is 5. The predicted molar refractivity (Wildman–Crippen MR) is 68.4 cm³/mol. The summed E-state index contributed by atoms with van der Waals surface area (Å²) < 4.78 is 0. The molecule has 0 saturated heterocycles. The molecule has 0 bridgehead atoms. The van der Waals surface area contributed by atoms with E-state index in [1.165, 1.54) is 12.5 Å². The first-order chi connectivity index (χ1) is 7.77. The smallest absolute Gasteiger partial charge is 0.327 e. The summed E-state index contributed by atoms with van der Waals surface area (Å²) in [6, 6.07) is 0. The number of carbonyl (C=O) groups is 1. The van der Waals surface area contributed by atoms with E-state index in [4.69, 9.17) is 5.11 Å². The van der Waals surface area contributed by atoms with Gasteiger partial charge < -0.3 is 5.11 Å². The average molecular weight is 222 g/mol. The first kappa shape index (κ1) is 14.7. The summed E-state index contributed by atoms with van der Waals surface area (Å²) in [7, 11) is 0. The van der Waals surface area contributed by atoms with Crippen molar-refractivity contribution in [3.8, 4) is 0 Å². The Morgan fingerprint density at radius 1 is 1.00 bits per heavy atom. The van der Waals surface area contributed by atoms with E-state index in [1.807, 2.05) is 0 Å². The van der Waals surface area contributed by atoms with E-state index in [9.17, 15) is 4.79 Å². The Labute approximate surface area is 98.4 Å². The summed E-state index contributed by atoms with van der Waals surface area (Å²) in [6.07, 6.45) is 17.9. The molecule has 0 aliphatic carbocycles. The lowest BCUT2D eigenvalue weighted by Gasteiger charge is -1.94. The lowest BCUT2D eigenvalue weighted by atomic mass is 10.1. The zero-order valence-electron chi connectivity index (χ0n) is 10.1. The normalized spacial score (nSPS) is 12.1. The minimum Gasteiger partial charge on any atom is -0.478 e. The Balaban J connectivity index is 3.24. The van der Waals surface area contributed by atoms with Gasteiger partial charge in [-0.3, -0.25) is 0 Å². The molecule has 0 rings (SSSR count). The number of hydrogen-bond acceptors (Lipinski definition) is 1. The van der Waals surface area contributed by atoms with Crippen molar-refractivity contribution >= 4 is 5.97 Å². The summed E-state index contributed by atoms with van der Waals surface area (Å²) in [5.41, 5.74) is 0. The molecule has 16 heavy (non-hydrogen) atoms. The highest BCUT2D eigenvalue weighted by Crippen LogP contribution is 2.04. The molecule has 0 heterocycles. The number of unbranched alkanes of at least 4 members (excludes halogenated alkanes) is 4. The van der Waals surface area contributed by atoms with E-state index < -0.39 is 5.97 Å². The number of carboxylic acid groups (broad SMARTS) is 1. The molecule has 0 aromatic heterocycles. The van der Waals surface area contributed by atoms with Gasteiger partial charge in [-0.1, -0.05) is 43.7 Å². The molecule has 0 fully saturated rings. The highest BCUT2D eigenvalue weighted by atomic mass is 16.4. The topological polar surface area (TPSA) is 37.3 Å². The van der Waals surface area contributed by atoms with Crippen molar-refractivity contribution in [3.05, 3.63) is 36.5 Å². The highest BCUT2D eigenvalue weighted by Gasteiger charge is 1.87. The van der Waals surface area contributed by atoms with Crippen LogP contribution in [0.5, 0.6) is 0 Å². The van der Waals surface area contributed by atoms with Crippen LogP contribution in [0.3, 0.4) is 0 Å². The maximum Gasteiger partial charge on any atom is 0.327 e. The Kier molecular flexibility index (Phi) is 10.8. The van der Waals surface area contributed by atoms with Gasteiger partial charge in [-0.15, -0.1) is 0 Å². The fourth-order valence-electron chi connectivity index (χ4n) is 1.27. The van der Waals surface area contributed by atoms with E-state index in [0.717, 1.165) is 32.1 Å². The third-order valence-electron chi connectivity index (χ3n) is 2.12. The van der Waals surface area contributed by atoms with E-state index >= 15 is 0 Å². The Bertz CT molecular complexity index is 249. The monoisotopic (exact) mass is 222 g/mol. The molecule has 2 nitrogen and oxygen atoms in total. The van der Waals surface area contributed by atoms with E-state index in [0.29, 0.717) is 0 Å². The zero-order valence-corrected chi connectivity index (χ0v) is 10.1. The third-order valence-corrected chi connectivity index (χ3v) is 2.12. The lowest BCUT2D eigenvalue weighted by Crippen LogP contribution is -1.85. The van der Waals surface area contributed by atoms with Crippen LogP contribution in [-0.2, 0) is 4.79 Å². The molecule has 0 unspecified atom stereocenters. The molecular formula is C14H22O2. The second-order valence-corrected chi connectivity index (χ2v) is 3.64. The Morgan fingerprint density at radius 2 is 1.62 bits per heavy atom. The molecule has 0 amide bonds. The summed E-state index contributed by atoms with van der Waals surface area (Å²) in [5.74, 6) is -0.856. The fraction of sp³-hybridized carbons (Fsp3) is 0.500. The van der Waals surface area contributed by atoms with Gasteiger partial charge in [-0.2, -0.15) is 0 Å². The number of carboxylic acids is 1. The molecule has 1 N–H and O–H groups in total. The molecule has 90 valence electrons. The van der Waals surface area contributed by atoms with E-state index in [2.05, 4.69) is 31.2 Å². The van der Waals surface area contributed by atoms with E-state index in [-0.39, 0.29) is 0 Å². The number of aliphatic carboxylic acids is 1. The van der Waals surface area contributed by atoms with Gasteiger partial charge in [0.05, 0.1) is 0 Å². The van der Waals surface area contributed by atoms with Gasteiger partial charge in [0, 0.05) is 6.08 Å².